The Hall–Kier alpha value is -2.98. The summed E-state index contributed by atoms with van der Waals surface area (Å²) in [5.41, 5.74) is -0.526. The minimum absolute atomic E-state index is 0.0890. The average molecular weight is 482 g/mol. The molecule has 0 amide bonds. The highest BCUT2D eigenvalue weighted by atomic mass is 19.4. The molecule has 3 unspecified atom stereocenters. The lowest BCUT2D eigenvalue weighted by Crippen LogP contribution is -2.41. The standard InChI is InChI=1S/C23H31F4N7/c1-15-14-34(21-13-29-18(11-28)22(32-21)30-12-16(2)24)10-8-17(15)7-9-33(3)20-6-4-5-19(31-20)23(25,26)27/h4-6,11,13,15-17,28H,7-10,12,14H2,1-3H3,(H,30,32). The van der Waals surface area contributed by atoms with Gasteiger partial charge in [-0.1, -0.05) is 13.0 Å². The predicted molar refractivity (Wildman–Crippen MR) is 126 cm³/mol. The van der Waals surface area contributed by atoms with Gasteiger partial charge in [-0.2, -0.15) is 13.2 Å². The third-order valence-electron chi connectivity index (χ3n) is 6.13. The highest BCUT2D eigenvalue weighted by Crippen LogP contribution is 2.31. The Morgan fingerprint density at radius 2 is 2.09 bits per heavy atom. The molecular weight excluding hydrogens is 450 g/mol. The first-order valence-electron chi connectivity index (χ1n) is 11.3. The molecule has 0 aromatic carbocycles. The second-order valence-corrected chi connectivity index (χ2v) is 8.83. The number of anilines is 3. The van der Waals surface area contributed by atoms with Crippen molar-refractivity contribution >= 4 is 23.7 Å². The van der Waals surface area contributed by atoms with Gasteiger partial charge in [-0.05, 0) is 43.7 Å². The lowest BCUT2D eigenvalue weighted by atomic mass is 9.84. The molecule has 1 aliphatic rings. The lowest BCUT2D eigenvalue weighted by Gasteiger charge is -2.38. The summed E-state index contributed by atoms with van der Waals surface area (Å²) in [4.78, 5) is 16.5. The van der Waals surface area contributed by atoms with Crippen molar-refractivity contribution in [3.8, 4) is 0 Å². The molecule has 1 fully saturated rings. The van der Waals surface area contributed by atoms with Gasteiger partial charge in [0.25, 0.3) is 0 Å². The first-order chi connectivity index (χ1) is 16.1. The molecule has 0 radical (unpaired) electrons. The molecule has 34 heavy (non-hydrogen) atoms. The molecule has 0 saturated carbocycles. The van der Waals surface area contributed by atoms with E-state index in [1.807, 2.05) is 0 Å². The smallest absolute Gasteiger partial charge is 0.365 e. The van der Waals surface area contributed by atoms with E-state index in [2.05, 4.69) is 32.1 Å². The van der Waals surface area contributed by atoms with Crippen LogP contribution in [-0.4, -0.2) is 60.6 Å². The van der Waals surface area contributed by atoms with E-state index in [0.717, 1.165) is 38.2 Å². The average Bonchev–Trinajstić information content (AvgIpc) is 2.81. The Labute approximate surface area is 197 Å². The van der Waals surface area contributed by atoms with Crippen LogP contribution in [0.5, 0.6) is 0 Å². The number of rotatable bonds is 9. The largest absolute Gasteiger partial charge is 0.433 e. The Morgan fingerprint density at radius 3 is 2.74 bits per heavy atom. The van der Waals surface area contributed by atoms with E-state index in [4.69, 9.17) is 5.41 Å². The molecule has 0 bridgehead atoms. The van der Waals surface area contributed by atoms with E-state index in [-0.39, 0.29) is 6.54 Å². The number of hydrogen-bond acceptors (Lipinski definition) is 7. The van der Waals surface area contributed by atoms with E-state index in [0.29, 0.717) is 41.5 Å². The van der Waals surface area contributed by atoms with E-state index < -0.39 is 18.0 Å². The third-order valence-corrected chi connectivity index (χ3v) is 6.13. The Morgan fingerprint density at radius 1 is 1.32 bits per heavy atom. The van der Waals surface area contributed by atoms with Crippen LogP contribution in [0.2, 0.25) is 0 Å². The Balaban J connectivity index is 1.58. The minimum Gasteiger partial charge on any atom is -0.365 e. The number of pyridine rings is 1. The van der Waals surface area contributed by atoms with Gasteiger partial charge in [0.1, 0.15) is 29.2 Å². The fraction of sp³-hybridized carbons (Fsp3) is 0.565. The SMILES string of the molecule is CC(F)CNc1nc(N2CCC(CCN(C)c3cccc(C(F)(F)F)n3)C(C)C2)cnc1C=N. The zero-order valence-electron chi connectivity index (χ0n) is 19.6. The molecule has 3 heterocycles. The molecule has 1 aliphatic heterocycles. The molecule has 0 spiro atoms. The maximum absolute atomic E-state index is 13.2. The fourth-order valence-corrected chi connectivity index (χ4v) is 4.11. The second-order valence-electron chi connectivity index (χ2n) is 8.83. The van der Waals surface area contributed by atoms with Gasteiger partial charge in [0.05, 0.1) is 6.20 Å². The molecule has 3 rings (SSSR count). The van der Waals surface area contributed by atoms with E-state index in [1.165, 1.54) is 13.0 Å². The van der Waals surface area contributed by atoms with Gasteiger partial charge in [-0.3, -0.25) is 0 Å². The van der Waals surface area contributed by atoms with Gasteiger partial charge in [0, 0.05) is 39.4 Å². The summed E-state index contributed by atoms with van der Waals surface area (Å²) >= 11 is 0. The van der Waals surface area contributed by atoms with Gasteiger partial charge in [0.2, 0.25) is 0 Å². The van der Waals surface area contributed by atoms with Gasteiger partial charge >= 0.3 is 6.18 Å². The Bertz CT molecular complexity index is 967. The first kappa shape index (κ1) is 25.6. The van der Waals surface area contributed by atoms with E-state index >= 15 is 0 Å². The second kappa shape index (κ2) is 11.0. The summed E-state index contributed by atoms with van der Waals surface area (Å²) < 4.78 is 52.1. The molecule has 3 atom stereocenters. The number of hydrogen-bond donors (Lipinski definition) is 2. The number of nitrogens with one attached hydrogen (secondary N) is 2. The van der Waals surface area contributed by atoms with Crippen LogP contribution < -0.4 is 15.1 Å². The fourth-order valence-electron chi connectivity index (χ4n) is 4.11. The van der Waals surface area contributed by atoms with Crippen LogP contribution in [0.4, 0.5) is 35.0 Å². The Kier molecular flexibility index (Phi) is 8.27. The topological polar surface area (TPSA) is 81.0 Å². The normalized spacial score (nSPS) is 19.6. The lowest BCUT2D eigenvalue weighted by molar-refractivity contribution is -0.141. The highest BCUT2D eigenvalue weighted by Gasteiger charge is 2.33. The van der Waals surface area contributed by atoms with Crippen LogP contribution in [0, 0.1) is 17.2 Å². The van der Waals surface area contributed by atoms with Gasteiger partial charge in [-0.25, -0.2) is 19.3 Å². The maximum atomic E-state index is 13.2. The molecule has 11 heteroatoms. The molecule has 1 saturated heterocycles. The third kappa shape index (κ3) is 6.54. The van der Waals surface area contributed by atoms with Crippen molar-refractivity contribution in [3.05, 3.63) is 35.8 Å². The summed E-state index contributed by atoms with van der Waals surface area (Å²) in [7, 11) is 1.76. The molecule has 7 nitrogen and oxygen atoms in total. The van der Waals surface area contributed by atoms with Crippen molar-refractivity contribution in [3.63, 3.8) is 0 Å². The predicted octanol–water partition coefficient (Wildman–Crippen LogP) is 4.65. The van der Waals surface area contributed by atoms with Crippen molar-refractivity contribution in [2.24, 2.45) is 11.8 Å². The zero-order valence-corrected chi connectivity index (χ0v) is 19.6. The summed E-state index contributed by atoms with van der Waals surface area (Å²) in [6.45, 7) is 5.81. The van der Waals surface area contributed by atoms with Crippen LogP contribution in [0.25, 0.3) is 0 Å². The number of nitrogens with zero attached hydrogens (tertiary/aromatic N) is 5. The molecule has 0 aliphatic carbocycles. The summed E-state index contributed by atoms with van der Waals surface area (Å²) in [6.07, 6.45) is -1.05. The number of piperidine rings is 1. The molecule has 2 N–H and O–H groups in total. The highest BCUT2D eigenvalue weighted by molar-refractivity contribution is 5.81. The maximum Gasteiger partial charge on any atom is 0.433 e. The van der Waals surface area contributed by atoms with Crippen molar-refractivity contribution in [1.29, 1.82) is 5.41 Å². The first-order valence-corrected chi connectivity index (χ1v) is 11.3. The summed E-state index contributed by atoms with van der Waals surface area (Å²) in [5.74, 6) is 2.12. The molecule has 186 valence electrons. The molecule has 2 aromatic heterocycles. The van der Waals surface area contributed by atoms with E-state index in [9.17, 15) is 17.6 Å². The van der Waals surface area contributed by atoms with Crippen molar-refractivity contribution in [2.45, 2.75) is 39.0 Å². The zero-order chi connectivity index (χ0) is 24.9. The number of alkyl halides is 4. The summed E-state index contributed by atoms with van der Waals surface area (Å²) in [6, 6.07) is 3.95. The number of halogens is 4. The quantitative estimate of drug-likeness (QED) is 0.401. The van der Waals surface area contributed by atoms with Crippen LogP contribution in [-0.2, 0) is 6.18 Å². The molecule has 2 aromatic rings. The van der Waals surface area contributed by atoms with Crippen molar-refractivity contribution < 1.29 is 17.6 Å². The van der Waals surface area contributed by atoms with Crippen LogP contribution in [0.15, 0.2) is 24.4 Å². The van der Waals surface area contributed by atoms with Gasteiger partial charge in [0.15, 0.2) is 5.82 Å². The monoisotopic (exact) mass is 481 g/mol. The van der Waals surface area contributed by atoms with E-state index in [1.54, 1.807) is 24.2 Å². The molecular formula is C23H31F4N7. The minimum atomic E-state index is -4.46. The number of aromatic nitrogens is 3. The van der Waals surface area contributed by atoms with Crippen molar-refractivity contribution in [2.75, 3.05) is 48.3 Å². The van der Waals surface area contributed by atoms with Crippen LogP contribution in [0.1, 0.15) is 38.1 Å². The van der Waals surface area contributed by atoms with Gasteiger partial charge in [-0.15, -0.1) is 0 Å². The van der Waals surface area contributed by atoms with Crippen LogP contribution in [0.3, 0.4) is 0 Å². The van der Waals surface area contributed by atoms with Crippen LogP contribution >= 0.6 is 0 Å². The van der Waals surface area contributed by atoms with Gasteiger partial charge < -0.3 is 20.5 Å². The summed E-state index contributed by atoms with van der Waals surface area (Å²) in [5, 5.41) is 10.4. The van der Waals surface area contributed by atoms with Crippen molar-refractivity contribution in [1.82, 2.24) is 15.0 Å².